The molecule has 2 amide bonds. The van der Waals surface area contributed by atoms with E-state index >= 15 is 0 Å². The summed E-state index contributed by atoms with van der Waals surface area (Å²) in [6, 6.07) is 17.8. The van der Waals surface area contributed by atoms with Gasteiger partial charge in [-0.2, -0.15) is 0 Å². The molecule has 0 unspecified atom stereocenters. The first-order valence-electron chi connectivity index (χ1n) is 9.64. The quantitative estimate of drug-likeness (QED) is 0.392. The first-order valence-corrected chi connectivity index (χ1v) is 9.64. The van der Waals surface area contributed by atoms with Gasteiger partial charge in [0.05, 0.1) is 11.3 Å². The van der Waals surface area contributed by atoms with Crippen LogP contribution in [0.2, 0.25) is 0 Å². The van der Waals surface area contributed by atoms with Crippen molar-refractivity contribution in [1.82, 2.24) is 5.32 Å². The monoisotopic (exact) mass is 414 g/mol. The average Bonchev–Trinajstić information content (AvgIpc) is 2.76. The normalized spacial score (nSPS) is 11.1. The van der Waals surface area contributed by atoms with Crippen molar-refractivity contribution in [2.75, 3.05) is 11.9 Å². The highest BCUT2D eigenvalue weighted by Gasteiger charge is 2.15. The Morgan fingerprint density at radius 2 is 1.68 bits per heavy atom. The first-order chi connectivity index (χ1) is 14.9. The standard InChI is InChI=1S/C25H22N2O4/c1-3-12-26-24(29)20-10-11-21(25(30)31)22(15-20)27-23(28)13-16(2)18-9-8-17-6-4-5-7-19(17)14-18/h3-11,13-15H,1,12H2,2H3,(H,26,29)(H,27,28)(H,30,31)/b16-13-. The number of aromatic carboxylic acids is 1. The molecular weight excluding hydrogens is 392 g/mol. The highest BCUT2D eigenvalue weighted by molar-refractivity contribution is 6.08. The Bertz CT molecular complexity index is 1210. The van der Waals surface area contributed by atoms with E-state index in [4.69, 9.17) is 0 Å². The zero-order valence-electron chi connectivity index (χ0n) is 17.0. The predicted octanol–water partition coefficient (Wildman–Crippen LogP) is 4.50. The zero-order chi connectivity index (χ0) is 22.4. The Hall–Kier alpha value is -4.19. The van der Waals surface area contributed by atoms with Crippen LogP contribution >= 0.6 is 0 Å². The lowest BCUT2D eigenvalue weighted by atomic mass is 10.0. The number of amides is 2. The summed E-state index contributed by atoms with van der Waals surface area (Å²) < 4.78 is 0. The Balaban J connectivity index is 1.85. The summed E-state index contributed by atoms with van der Waals surface area (Å²) in [7, 11) is 0. The SMILES string of the molecule is C=CCNC(=O)c1ccc(C(=O)O)c(NC(=O)/C=C(/C)c2ccc3ccccc3c2)c1. The third kappa shape index (κ3) is 5.25. The number of hydrogen-bond donors (Lipinski definition) is 3. The van der Waals surface area contributed by atoms with E-state index in [0.717, 1.165) is 21.9 Å². The van der Waals surface area contributed by atoms with E-state index in [1.165, 1.54) is 30.4 Å². The molecule has 0 atom stereocenters. The number of rotatable bonds is 7. The number of fused-ring (bicyclic) bond motifs is 1. The third-order valence-electron chi connectivity index (χ3n) is 4.73. The van der Waals surface area contributed by atoms with Gasteiger partial charge in [0.25, 0.3) is 5.91 Å². The maximum Gasteiger partial charge on any atom is 0.337 e. The molecule has 6 nitrogen and oxygen atoms in total. The van der Waals surface area contributed by atoms with Crippen LogP contribution in [0.5, 0.6) is 0 Å². The topological polar surface area (TPSA) is 95.5 Å². The van der Waals surface area contributed by atoms with Gasteiger partial charge in [-0.05, 0) is 53.1 Å². The van der Waals surface area contributed by atoms with Crippen LogP contribution in [-0.4, -0.2) is 29.4 Å². The summed E-state index contributed by atoms with van der Waals surface area (Å²) in [5.74, 6) is -2.09. The van der Waals surface area contributed by atoms with Crippen LogP contribution in [0.1, 0.15) is 33.2 Å². The van der Waals surface area contributed by atoms with Crippen molar-refractivity contribution in [2.45, 2.75) is 6.92 Å². The Morgan fingerprint density at radius 1 is 0.968 bits per heavy atom. The molecule has 3 aromatic carbocycles. The summed E-state index contributed by atoms with van der Waals surface area (Å²) in [5.41, 5.74) is 1.78. The molecule has 0 aliphatic carbocycles. The molecule has 3 aromatic rings. The lowest BCUT2D eigenvalue weighted by Crippen LogP contribution is -2.23. The maximum absolute atomic E-state index is 12.6. The minimum Gasteiger partial charge on any atom is -0.478 e. The second kappa shape index (κ2) is 9.54. The van der Waals surface area contributed by atoms with Gasteiger partial charge in [-0.25, -0.2) is 4.79 Å². The highest BCUT2D eigenvalue weighted by atomic mass is 16.4. The lowest BCUT2D eigenvalue weighted by molar-refractivity contribution is -0.111. The summed E-state index contributed by atoms with van der Waals surface area (Å²) in [6.07, 6.45) is 2.94. The van der Waals surface area contributed by atoms with Gasteiger partial charge >= 0.3 is 5.97 Å². The second-order valence-electron chi connectivity index (χ2n) is 6.94. The van der Waals surface area contributed by atoms with E-state index in [1.807, 2.05) is 42.5 Å². The first kappa shape index (κ1) is 21.5. The number of benzene rings is 3. The molecule has 0 bridgehead atoms. The smallest absolute Gasteiger partial charge is 0.337 e. The molecule has 0 saturated carbocycles. The van der Waals surface area contributed by atoms with Crippen LogP contribution in [0.4, 0.5) is 5.69 Å². The van der Waals surface area contributed by atoms with Crippen molar-refractivity contribution in [3.63, 3.8) is 0 Å². The molecule has 0 aliphatic rings. The summed E-state index contributed by atoms with van der Waals surface area (Å²) >= 11 is 0. The van der Waals surface area contributed by atoms with E-state index in [2.05, 4.69) is 17.2 Å². The number of carboxylic acid groups (broad SMARTS) is 1. The molecule has 0 aromatic heterocycles. The van der Waals surface area contributed by atoms with Crippen LogP contribution in [0.15, 0.2) is 79.4 Å². The Labute approximate surface area is 179 Å². The minimum atomic E-state index is -1.21. The van der Waals surface area contributed by atoms with Gasteiger partial charge in [-0.3, -0.25) is 9.59 Å². The van der Waals surface area contributed by atoms with Crippen LogP contribution in [0.25, 0.3) is 16.3 Å². The van der Waals surface area contributed by atoms with Gasteiger partial charge in [0, 0.05) is 18.2 Å². The molecule has 0 saturated heterocycles. The Kier molecular flexibility index (Phi) is 6.62. The van der Waals surface area contributed by atoms with Gasteiger partial charge in [0.15, 0.2) is 0 Å². The summed E-state index contributed by atoms with van der Waals surface area (Å²) in [4.78, 5) is 36.3. The zero-order valence-corrected chi connectivity index (χ0v) is 17.0. The number of allylic oxidation sites excluding steroid dienone is 1. The fourth-order valence-corrected chi connectivity index (χ4v) is 3.13. The van der Waals surface area contributed by atoms with E-state index in [0.29, 0.717) is 0 Å². The van der Waals surface area contributed by atoms with Crippen molar-refractivity contribution in [3.8, 4) is 0 Å². The highest BCUT2D eigenvalue weighted by Crippen LogP contribution is 2.22. The average molecular weight is 414 g/mol. The molecule has 156 valence electrons. The van der Waals surface area contributed by atoms with Crippen molar-refractivity contribution >= 4 is 39.8 Å². The van der Waals surface area contributed by atoms with Crippen LogP contribution in [-0.2, 0) is 4.79 Å². The number of carbonyl (C=O) groups excluding carboxylic acids is 2. The minimum absolute atomic E-state index is 0.0475. The van der Waals surface area contributed by atoms with Gasteiger partial charge in [-0.15, -0.1) is 6.58 Å². The van der Waals surface area contributed by atoms with Crippen LogP contribution < -0.4 is 10.6 Å². The van der Waals surface area contributed by atoms with Crippen molar-refractivity contribution in [1.29, 1.82) is 0 Å². The van der Waals surface area contributed by atoms with E-state index in [-0.39, 0.29) is 23.4 Å². The molecular formula is C25H22N2O4. The van der Waals surface area contributed by atoms with E-state index < -0.39 is 17.8 Å². The fraction of sp³-hybridized carbons (Fsp3) is 0.0800. The van der Waals surface area contributed by atoms with Crippen molar-refractivity contribution < 1.29 is 19.5 Å². The molecule has 3 rings (SSSR count). The van der Waals surface area contributed by atoms with Gasteiger partial charge in [-0.1, -0.05) is 42.5 Å². The third-order valence-corrected chi connectivity index (χ3v) is 4.73. The van der Waals surface area contributed by atoms with Crippen LogP contribution in [0.3, 0.4) is 0 Å². The molecule has 31 heavy (non-hydrogen) atoms. The molecule has 0 fully saturated rings. The van der Waals surface area contributed by atoms with Crippen molar-refractivity contribution in [2.24, 2.45) is 0 Å². The fourth-order valence-electron chi connectivity index (χ4n) is 3.13. The van der Waals surface area contributed by atoms with Gasteiger partial charge in [0.2, 0.25) is 5.91 Å². The molecule has 6 heteroatoms. The number of carbonyl (C=O) groups is 3. The van der Waals surface area contributed by atoms with Crippen LogP contribution in [0, 0.1) is 0 Å². The van der Waals surface area contributed by atoms with Gasteiger partial charge < -0.3 is 15.7 Å². The molecule has 0 radical (unpaired) electrons. The molecule has 0 spiro atoms. The largest absolute Gasteiger partial charge is 0.478 e. The molecule has 0 aliphatic heterocycles. The number of hydrogen-bond acceptors (Lipinski definition) is 3. The van der Waals surface area contributed by atoms with E-state index in [1.54, 1.807) is 6.92 Å². The number of anilines is 1. The number of carboxylic acids is 1. The lowest BCUT2D eigenvalue weighted by Gasteiger charge is -2.10. The summed E-state index contributed by atoms with van der Waals surface area (Å²) in [6.45, 7) is 5.61. The molecule has 0 heterocycles. The predicted molar refractivity (Wildman–Crippen MR) is 122 cm³/mol. The second-order valence-corrected chi connectivity index (χ2v) is 6.94. The summed E-state index contributed by atoms with van der Waals surface area (Å²) in [5, 5.41) is 16.8. The Morgan fingerprint density at radius 3 is 2.39 bits per heavy atom. The van der Waals surface area contributed by atoms with Crippen molar-refractivity contribution in [3.05, 3.63) is 96.1 Å². The molecule has 3 N–H and O–H groups in total. The van der Waals surface area contributed by atoms with E-state index in [9.17, 15) is 19.5 Å². The maximum atomic E-state index is 12.6. The van der Waals surface area contributed by atoms with Gasteiger partial charge in [0.1, 0.15) is 0 Å². The number of nitrogens with one attached hydrogen (secondary N) is 2.